The fourth-order valence-corrected chi connectivity index (χ4v) is 4.37. The van der Waals surface area contributed by atoms with E-state index in [0.717, 1.165) is 17.0 Å². The van der Waals surface area contributed by atoms with Crippen molar-refractivity contribution in [2.75, 3.05) is 23.7 Å². The maximum Gasteiger partial charge on any atom is 0.242 e. The number of benzene rings is 2. The fraction of sp³-hybridized carbons (Fsp3) is 0.417. The second kappa shape index (κ2) is 12.5. The molecule has 2 amide bonds. The number of anilines is 1. The number of hydrogen-bond donors (Lipinski definition) is 1. The predicted octanol–water partition coefficient (Wildman–Crippen LogP) is 3.45. The van der Waals surface area contributed by atoms with Gasteiger partial charge in [0.2, 0.25) is 21.8 Å². The summed E-state index contributed by atoms with van der Waals surface area (Å²) >= 11 is 0. The van der Waals surface area contributed by atoms with Crippen LogP contribution < -0.4 is 9.62 Å². The van der Waals surface area contributed by atoms with E-state index in [-0.39, 0.29) is 43.4 Å². The molecule has 0 saturated carbocycles. The second-order valence-electron chi connectivity index (χ2n) is 8.01. The first-order chi connectivity index (χ1) is 16.0. The van der Waals surface area contributed by atoms with Gasteiger partial charge < -0.3 is 10.2 Å². The van der Waals surface area contributed by atoms with E-state index in [4.69, 9.17) is 0 Å². The highest BCUT2D eigenvalue weighted by Crippen LogP contribution is 2.22. The van der Waals surface area contributed by atoms with Crippen molar-refractivity contribution in [3.8, 4) is 0 Å². The van der Waals surface area contributed by atoms with Crippen molar-refractivity contribution < 1.29 is 26.8 Å². The molecule has 0 heterocycles. The molecule has 0 bridgehead atoms. The highest BCUT2D eigenvalue weighted by Gasteiger charge is 2.27. The van der Waals surface area contributed by atoms with E-state index in [1.807, 2.05) is 6.92 Å². The van der Waals surface area contributed by atoms with E-state index >= 15 is 0 Å². The molecule has 1 atom stereocenters. The van der Waals surface area contributed by atoms with Gasteiger partial charge in [-0.15, -0.1) is 0 Å². The Balaban J connectivity index is 2.15. The summed E-state index contributed by atoms with van der Waals surface area (Å²) in [6.07, 6.45) is 1.76. The summed E-state index contributed by atoms with van der Waals surface area (Å²) in [5.41, 5.74) is 0.557. The molecular formula is C24H31F2N3O4S. The number of hydrogen-bond acceptors (Lipinski definition) is 4. The number of amides is 2. The zero-order valence-corrected chi connectivity index (χ0v) is 20.4. The first-order valence-corrected chi connectivity index (χ1v) is 12.9. The highest BCUT2D eigenvalue weighted by molar-refractivity contribution is 7.92. The van der Waals surface area contributed by atoms with Crippen molar-refractivity contribution in [1.82, 2.24) is 10.2 Å². The molecule has 0 unspecified atom stereocenters. The topological polar surface area (TPSA) is 86.8 Å². The van der Waals surface area contributed by atoms with Gasteiger partial charge in [-0.2, -0.15) is 0 Å². The number of sulfonamides is 1. The third kappa shape index (κ3) is 7.79. The van der Waals surface area contributed by atoms with Crippen molar-refractivity contribution in [3.63, 3.8) is 0 Å². The molecule has 0 aliphatic heterocycles. The van der Waals surface area contributed by atoms with E-state index < -0.39 is 27.7 Å². The average Bonchev–Trinajstić information content (AvgIpc) is 2.79. The summed E-state index contributed by atoms with van der Waals surface area (Å²) in [4.78, 5) is 27.0. The number of rotatable bonds is 12. The Kier molecular flexibility index (Phi) is 9.97. The molecule has 0 aromatic heterocycles. The summed E-state index contributed by atoms with van der Waals surface area (Å²) < 4.78 is 52.9. The predicted molar refractivity (Wildman–Crippen MR) is 128 cm³/mol. The van der Waals surface area contributed by atoms with Crippen molar-refractivity contribution in [2.24, 2.45) is 0 Å². The molecule has 0 spiro atoms. The minimum absolute atomic E-state index is 0.0624. The van der Waals surface area contributed by atoms with Crippen LogP contribution in [0, 0.1) is 11.6 Å². The third-order valence-electron chi connectivity index (χ3n) is 5.26. The van der Waals surface area contributed by atoms with E-state index in [1.165, 1.54) is 53.4 Å². The first kappa shape index (κ1) is 27.2. The lowest BCUT2D eigenvalue weighted by atomic mass is 10.1. The Bertz CT molecular complexity index is 1080. The van der Waals surface area contributed by atoms with Gasteiger partial charge in [0.15, 0.2) is 0 Å². The first-order valence-electron chi connectivity index (χ1n) is 11.1. The molecule has 0 aliphatic carbocycles. The number of nitrogens with one attached hydrogen (secondary N) is 1. The lowest BCUT2D eigenvalue weighted by Gasteiger charge is -2.29. The van der Waals surface area contributed by atoms with Gasteiger partial charge in [-0.05, 0) is 49.6 Å². The van der Waals surface area contributed by atoms with Crippen LogP contribution in [0.25, 0.3) is 0 Å². The van der Waals surface area contributed by atoms with Gasteiger partial charge in [0, 0.05) is 26.1 Å². The monoisotopic (exact) mass is 495 g/mol. The molecule has 0 fully saturated rings. The lowest BCUT2D eigenvalue weighted by molar-refractivity contribution is -0.140. The van der Waals surface area contributed by atoms with Gasteiger partial charge >= 0.3 is 0 Å². The van der Waals surface area contributed by atoms with E-state index in [2.05, 4.69) is 5.32 Å². The van der Waals surface area contributed by atoms with Gasteiger partial charge in [0.1, 0.15) is 17.7 Å². The van der Waals surface area contributed by atoms with Crippen LogP contribution in [-0.4, -0.2) is 50.5 Å². The van der Waals surface area contributed by atoms with E-state index in [1.54, 1.807) is 6.92 Å². The minimum Gasteiger partial charge on any atom is -0.354 e. The van der Waals surface area contributed by atoms with Crippen LogP contribution in [0.4, 0.5) is 14.5 Å². The molecule has 7 nitrogen and oxygen atoms in total. The molecule has 0 saturated heterocycles. The zero-order valence-electron chi connectivity index (χ0n) is 19.6. The molecule has 34 heavy (non-hydrogen) atoms. The normalized spacial score (nSPS) is 12.1. The third-order valence-corrected chi connectivity index (χ3v) is 6.44. The Labute approximate surface area is 199 Å². The molecule has 2 rings (SSSR count). The molecule has 186 valence electrons. The van der Waals surface area contributed by atoms with E-state index in [9.17, 15) is 26.8 Å². The Morgan fingerprint density at radius 2 is 1.71 bits per heavy atom. The van der Waals surface area contributed by atoms with Crippen LogP contribution in [-0.2, 0) is 26.2 Å². The van der Waals surface area contributed by atoms with Crippen LogP contribution in [0.1, 0.15) is 38.7 Å². The molecule has 0 radical (unpaired) electrons. The van der Waals surface area contributed by atoms with Crippen LogP contribution in [0.2, 0.25) is 0 Å². The highest BCUT2D eigenvalue weighted by atomic mass is 32.2. The molecule has 2 aromatic carbocycles. The molecule has 2 aromatic rings. The number of carbonyl (C=O) groups is 2. The molecule has 1 N–H and O–H groups in total. The maximum absolute atomic E-state index is 14.2. The minimum atomic E-state index is -3.78. The van der Waals surface area contributed by atoms with Crippen molar-refractivity contribution in [1.29, 1.82) is 0 Å². The second-order valence-corrected chi connectivity index (χ2v) is 9.91. The number of nitrogens with zero attached hydrogens (tertiary/aromatic N) is 2. The van der Waals surface area contributed by atoms with Crippen LogP contribution in [0.5, 0.6) is 0 Å². The average molecular weight is 496 g/mol. The molecular weight excluding hydrogens is 464 g/mol. The Morgan fingerprint density at radius 1 is 1.06 bits per heavy atom. The number of halogens is 2. The van der Waals surface area contributed by atoms with Gasteiger partial charge in [0.05, 0.1) is 11.9 Å². The summed E-state index contributed by atoms with van der Waals surface area (Å²) in [7, 11) is -3.78. The van der Waals surface area contributed by atoms with Crippen LogP contribution >= 0.6 is 0 Å². The summed E-state index contributed by atoms with van der Waals surface area (Å²) in [5, 5.41) is 2.76. The number of para-hydroxylation sites is 1. The largest absolute Gasteiger partial charge is 0.354 e. The van der Waals surface area contributed by atoms with Crippen LogP contribution in [0.3, 0.4) is 0 Å². The summed E-state index contributed by atoms with van der Waals surface area (Å²) in [6, 6.07) is 10.4. The summed E-state index contributed by atoms with van der Waals surface area (Å²) in [6.45, 7) is 3.97. The lowest BCUT2D eigenvalue weighted by Crippen LogP contribution is -2.47. The van der Waals surface area contributed by atoms with Crippen molar-refractivity contribution in [2.45, 2.75) is 45.7 Å². The molecule has 0 aliphatic rings. The quantitative estimate of drug-likeness (QED) is 0.489. The van der Waals surface area contributed by atoms with Gasteiger partial charge in [-0.3, -0.25) is 13.9 Å². The van der Waals surface area contributed by atoms with Crippen molar-refractivity contribution in [3.05, 3.63) is 65.7 Å². The van der Waals surface area contributed by atoms with E-state index in [0.29, 0.717) is 12.1 Å². The number of carbonyl (C=O) groups excluding carboxylic acids is 2. The van der Waals surface area contributed by atoms with Gasteiger partial charge in [0.25, 0.3) is 0 Å². The van der Waals surface area contributed by atoms with Gasteiger partial charge in [-0.25, -0.2) is 17.2 Å². The van der Waals surface area contributed by atoms with Crippen molar-refractivity contribution >= 4 is 27.5 Å². The Hall–Kier alpha value is -3.01. The van der Waals surface area contributed by atoms with Gasteiger partial charge in [-0.1, -0.05) is 31.2 Å². The molecule has 10 heteroatoms. The zero-order chi connectivity index (χ0) is 25.3. The fourth-order valence-electron chi connectivity index (χ4n) is 3.40. The standard InChI is InChI=1S/C24H31F2N3O4S/c1-4-15-27-24(31)18(2)28(17-19-11-13-20(25)14-12-19)23(30)10-7-16-29(34(3,32)33)22-9-6-5-8-21(22)26/h5-6,8-9,11-14,18H,4,7,10,15-17H2,1-3H3,(H,27,31)/t18-/m0/s1. The Morgan fingerprint density at radius 3 is 2.29 bits per heavy atom. The van der Waals surface area contributed by atoms with Crippen LogP contribution in [0.15, 0.2) is 48.5 Å². The SMILES string of the molecule is CCCNC(=O)[C@H](C)N(Cc1ccc(F)cc1)C(=O)CCCN(c1ccccc1F)S(C)(=O)=O. The smallest absolute Gasteiger partial charge is 0.242 e. The maximum atomic E-state index is 14.2. The summed E-state index contributed by atoms with van der Waals surface area (Å²) in [5.74, 6) is -1.78.